The predicted octanol–water partition coefficient (Wildman–Crippen LogP) is 1.90. The van der Waals surface area contributed by atoms with Crippen LogP contribution in [0, 0.1) is 12.8 Å². The molecule has 1 aromatic carbocycles. The topological polar surface area (TPSA) is 94.0 Å². The number of carbonyl (C=O) groups is 1. The average molecular weight is 423 g/mol. The fourth-order valence-corrected chi connectivity index (χ4v) is 5.89. The van der Waals surface area contributed by atoms with Gasteiger partial charge in [-0.25, -0.2) is 8.42 Å². The number of amides is 1. The van der Waals surface area contributed by atoms with Gasteiger partial charge in [0.15, 0.2) is 15.0 Å². The molecule has 28 heavy (non-hydrogen) atoms. The average Bonchev–Trinajstić information content (AvgIpc) is 3.17. The van der Waals surface area contributed by atoms with E-state index in [9.17, 15) is 13.2 Å². The number of benzene rings is 1. The standard InChI is InChI=1S/C19H26N4O3S2/c1-13-4-6-15(7-5-13)11-20-18(24)14(2)27-19-22-21-17(23(19)3)10-16-8-9-28(25,26)12-16/h4-7,14,16H,8-12H2,1-3H3,(H,20,24). The summed E-state index contributed by atoms with van der Waals surface area (Å²) in [5, 5.41) is 11.7. The first-order chi connectivity index (χ1) is 13.2. The van der Waals surface area contributed by atoms with Crippen molar-refractivity contribution in [1.29, 1.82) is 0 Å². The van der Waals surface area contributed by atoms with E-state index >= 15 is 0 Å². The van der Waals surface area contributed by atoms with Crippen molar-refractivity contribution in [3.63, 3.8) is 0 Å². The number of carbonyl (C=O) groups excluding carboxylic acids is 1. The third kappa shape index (κ3) is 5.35. The molecule has 152 valence electrons. The van der Waals surface area contributed by atoms with Crippen LogP contribution in [0.1, 0.15) is 30.3 Å². The summed E-state index contributed by atoms with van der Waals surface area (Å²) in [7, 11) is -1.04. The second kappa shape index (κ2) is 8.65. The maximum absolute atomic E-state index is 12.4. The van der Waals surface area contributed by atoms with Gasteiger partial charge in [-0.1, -0.05) is 41.6 Å². The summed E-state index contributed by atoms with van der Waals surface area (Å²) in [6.45, 7) is 4.36. The molecule has 9 heteroatoms. The zero-order chi connectivity index (χ0) is 20.3. The van der Waals surface area contributed by atoms with Crippen LogP contribution in [0.4, 0.5) is 0 Å². The Labute approximate surface area is 170 Å². The van der Waals surface area contributed by atoms with E-state index in [4.69, 9.17) is 0 Å². The number of hydrogen-bond donors (Lipinski definition) is 1. The van der Waals surface area contributed by atoms with Gasteiger partial charge in [0.05, 0.1) is 16.8 Å². The molecule has 1 amide bonds. The van der Waals surface area contributed by atoms with Gasteiger partial charge in [-0.15, -0.1) is 10.2 Å². The summed E-state index contributed by atoms with van der Waals surface area (Å²) in [4.78, 5) is 12.4. The van der Waals surface area contributed by atoms with Gasteiger partial charge < -0.3 is 9.88 Å². The summed E-state index contributed by atoms with van der Waals surface area (Å²) in [6, 6.07) is 8.06. The fourth-order valence-electron chi connectivity index (χ4n) is 3.17. The zero-order valence-electron chi connectivity index (χ0n) is 16.4. The molecule has 1 aliphatic heterocycles. The van der Waals surface area contributed by atoms with Gasteiger partial charge in [-0.05, 0) is 31.7 Å². The van der Waals surface area contributed by atoms with Crippen molar-refractivity contribution in [2.75, 3.05) is 11.5 Å². The van der Waals surface area contributed by atoms with Crippen molar-refractivity contribution in [2.45, 2.75) is 43.6 Å². The van der Waals surface area contributed by atoms with Crippen molar-refractivity contribution in [3.05, 3.63) is 41.2 Å². The van der Waals surface area contributed by atoms with Crippen LogP contribution in [0.5, 0.6) is 0 Å². The number of nitrogens with zero attached hydrogens (tertiary/aromatic N) is 3. The SMILES string of the molecule is Cc1ccc(CNC(=O)C(C)Sc2nnc(CC3CCS(=O)(=O)C3)n2C)cc1. The van der Waals surface area contributed by atoms with E-state index in [1.165, 1.54) is 17.3 Å². The smallest absolute Gasteiger partial charge is 0.233 e. The normalized spacial score (nSPS) is 19.5. The molecule has 1 aliphatic rings. The van der Waals surface area contributed by atoms with Crippen LogP contribution in [-0.4, -0.2) is 45.8 Å². The molecule has 0 saturated carbocycles. The molecule has 2 aromatic rings. The van der Waals surface area contributed by atoms with Crippen LogP contribution in [0.2, 0.25) is 0 Å². The van der Waals surface area contributed by atoms with Gasteiger partial charge in [0, 0.05) is 20.0 Å². The molecule has 2 unspecified atom stereocenters. The first-order valence-corrected chi connectivity index (χ1v) is 12.0. The van der Waals surface area contributed by atoms with Crippen LogP contribution in [0.25, 0.3) is 0 Å². The number of thioether (sulfide) groups is 1. The van der Waals surface area contributed by atoms with E-state index in [-0.39, 0.29) is 28.6 Å². The Kier molecular flexibility index (Phi) is 6.44. The lowest BCUT2D eigenvalue weighted by Gasteiger charge is -2.12. The minimum atomic E-state index is -2.90. The van der Waals surface area contributed by atoms with E-state index < -0.39 is 9.84 Å². The Balaban J connectivity index is 1.53. The van der Waals surface area contributed by atoms with Gasteiger partial charge >= 0.3 is 0 Å². The van der Waals surface area contributed by atoms with Crippen LogP contribution in [0.3, 0.4) is 0 Å². The van der Waals surface area contributed by atoms with Gasteiger partial charge in [0.1, 0.15) is 5.82 Å². The molecule has 0 bridgehead atoms. The summed E-state index contributed by atoms with van der Waals surface area (Å²) in [5.74, 6) is 1.28. The van der Waals surface area contributed by atoms with Crippen LogP contribution in [-0.2, 0) is 34.6 Å². The molecule has 2 heterocycles. The Morgan fingerprint density at radius 1 is 1.32 bits per heavy atom. The highest BCUT2D eigenvalue weighted by Crippen LogP contribution is 2.25. The van der Waals surface area contributed by atoms with E-state index in [0.717, 1.165) is 11.4 Å². The third-order valence-electron chi connectivity index (χ3n) is 4.96. The highest BCUT2D eigenvalue weighted by molar-refractivity contribution is 8.00. The van der Waals surface area contributed by atoms with E-state index in [1.54, 1.807) is 0 Å². The largest absolute Gasteiger partial charge is 0.351 e. The van der Waals surface area contributed by atoms with Crippen molar-refractivity contribution in [1.82, 2.24) is 20.1 Å². The maximum Gasteiger partial charge on any atom is 0.233 e. The Bertz CT molecular complexity index is 939. The Morgan fingerprint density at radius 2 is 2.04 bits per heavy atom. The quantitative estimate of drug-likeness (QED) is 0.685. The molecule has 3 rings (SSSR count). The lowest BCUT2D eigenvalue weighted by atomic mass is 10.1. The van der Waals surface area contributed by atoms with E-state index in [1.807, 2.05) is 49.7 Å². The Hall–Kier alpha value is -1.87. The minimum Gasteiger partial charge on any atom is -0.351 e. The number of aryl methyl sites for hydroxylation is 1. The maximum atomic E-state index is 12.4. The fraction of sp³-hybridized carbons (Fsp3) is 0.526. The highest BCUT2D eigenvalue weighted by Gasteiger charge is 2.29. The monoisotopic (exact) mass is 422 g/mol. The lowest BCUT2D eigenvalue weighted by molar-refractivity contribution is -0.120. The molecule has 1 saturated heterocycles. The van der Waals surface area contributed by atoms with Crippen molar-refractivity contribution in [3.8, 4) is 0 Å². The lowest BCUT2D eigenvalue weighted by Crippen LogP contribution is -2.30. The van der Waals surface area contributed by atoms with Crippen molar-refractivity contribution >= 4 is 27.5 Å². The molecular formula is C19H26N4O3S2. The van der Waals surface area contributed by atoms with Crippen LogP contribution in [0.15, 0.2) is 29.4 Å². The van der Waals surface area contributed by atoms with Crippen molar-refractivity contribution < 1.29 is 13.2 Å². The molecule has 2 atom stereocenters. The van der Waals surface area contributed by atoms with Crippen LogP contribution < -0.4 is 5.32 Å². The first-order valence-electron chi connectivity index (χ1n) is 9.32. The van der Waals surface area contributed by atoms with Gasteiger partial charge in [-0.2, -0.15) is 0 Å². The second-order valence-corrected chi connectivity index (χ2v) is 10.9. The molecule has 0 spiro atoms. The number of sulfone groups is 1. The number of hydrogen-bond acceptors (Lipinski definition) is 6. The summed E-state index contributed by atoms with van der Waals surface area (Å²) < 4.78 is 25.1. The zero-order valence-corrected chi connectivity index (χ0v) is 18.0. The van der Waals surface area contributed by atoms with Crippen molar-refractivity contribution in [2.24, 2.45) is 13.0 Å². The second-order valence-electron chi connectivity index (χ2n) is 7.39. The number of rotatable bonds is 7. The summed E-state index contributed by atoms with van der Waals surface area (Å²) >= 11 is 1.35. The van der Waals surface area contributed by atoms with E-state index in [2.05, 4.69) is 15.5 Å². The summed E-state index contributed by atoms with van der Waals surface area (Å²) in [5.41, 5.74) is 2.25. The minimum absolute atomic E-state index is 0.0583. The summed E-state index contributed by atoms with van der Waals surface area (Å²) in [6.07, 6.45) is 1.27. The first kappa shape index (κ1) is 20.9. The molecule has 1 N–H and O–H groups in total. The van der Waals surface area contributed by atoms with E-state index in [0.29, 0.717) is 24.5 Å². The Morgan fingerprint density at radius 3 is 2.68 bits per heavy atom. The molecule has 1 aromatic heterocycles. The molecule has 0 aliphatic carbocycles. The third-order valence-corrected chi connectivity index (χ3v) is 7.93. The number of nitrogens with one attached hydrogen (secondary N) is 1. The molecule has 7 nitrogen and oxygen atoms in total. The molecule has 0 radical (unpaired) electrons. The molecule has 1 fully saturated rings. The predicted molar refractivity (Wildman–Crippen MR) is 110 cm³/mol. The van der Waals surface area contributed by atoms with Crippen LogP contribution >= 0.6 is 11.8 Å². The number of aromatic nitrogens is 3. The van der Waals surface area contributed by atoms with Gasteiger partial charge in [0.2, 0.25) is 5.91 Å². The van der Waals surface area contributed by atoms with Gasteiger partial charge in [0.25, 0.3) is 0 Å². The highest BCUT2D eigenvalue weighted by atomic mass is 32.2. The molecular weight excluding hydrogens is 396 g/mol. The van der Waals surface area contributed by atoms with Gasteiger partial charge in [-0.3, -0.25) is 4.79 Å².